The van der Waals surface area contributed by atoms with Gasteiger partial charge in [-0.3, -0.25) is 0 Å². The first-order valence-corrected chi connectivity index (χ1v) is 5.49. The lowest BCUT2D eigenvalue weighted by Crippen LogP contribution is -2.10. The molecule has 0 fully saturated rings. The maximum atomic E-state index is 13.1. The molecule has 1 aromatic rings. The van der Waals surface area contributed by atoms with Gasteiger partial charge in [-0.25, -0.2) is 4.39 Å². The fourth-order valence-electron chi connectivity index (χ4n) is 1.12. The molecule has 0 aromatic heterocycles. The summed E-state index contributed by atoms with van der Waals surface area (Å²) in [6.07, 6.45) is -4.31. The Morgan fingerprint density at radius 2 is 1.94 bits per heavy atom. The standard InChI is InChI=1S/C11H7BrF4/c12-7-2-1-4-8-5-3-6-9(13)10(8)11(14,15)16/h3,5-6H,2,7H2. The first kappa shape index (κ1) is 13.0. The van der Waals surface area contributed by atoms with Crippen molar-refractivity contribution in [1.29, 1.82) is 0 Å². The van der Waals surface area contributed by atoms with E-state index in [9.17, 15) is 17.6 Å². The zero-order valence-corrected chi connectivity index (χ0v) is 9.62. The van der Waals surface area contributed by atoms with Crippen LogP contribution in [-0.4, -0.2) is 5.33 Å². The van der Waals surface area contributed by atoms with Crippen molar-refractivity contribution in [3.05, 3.63) is 35.1 Å². The number of alkyl halides is 4. The molecule has 5 heteroatoms. The number of hydrogen-bond donors (Lipinski definition) is 0. The minimum atomic E-state index is -4.72. The van der Waals surface area contributed by atoms with Crippen molar-refractivity contribution in [2.45, 2.75) is 12.6 Å². The summed E-state index contributed by atoms with van der Waals surface area (Å²) in [6.45, 7) is 0. The average Bonchev–Trinajstić information content (AvgIpc) is 2.16. The number of hydrogen-bond acceptors (Lipinski definition) is 0. The van der Waals surface area contributed by atoms with E-state index < -0.39 is 17.6 Å². The van der Waals surface area contributed by atoms with E-state index in [4.69, 9.17) is 0 Å². The summed E-state index contributed by atoms with van der Waals surface area (Å²) < 4.78 is 50.6. The molecule has 0 heterocycles. The van der Waals surface area contributed by atoms with Crippen LogP contribution < -0.4 is 0 Å². The van der Waals surface area contributed by atoms with E-state index in [2.05, 4.69) is 27.8 Å². The average molecular weight is 295 g/mol. The highest BCUT2D eigenvalue weighted by Crippen LogP contribution is 2.33. The second-order valence-corrected chi connectivity index (χ2v) is 3.69. The lowest BCUT2D eigenvalue weighted by atomic mass is 10.1. The third-order valence-electron chi connectivity index (χ3n) is 1.74. The number of rotatable bonds is 1. The molecule has 0 aliphatic carbocycles. The summed E-state index contributed by atoms with van der Waals surface area (Å²) in [5, 5.41) is 0.566. The van der Waals surface area contributed by atoms with Crippen LogP contribution in [0.2, 0.25) is 0 Å². The maximum Gasteiger partial charge on any atom is 0.420 e. The van der Waals surface area contributed by atoms with Crippen LogP contribution >= 0.6 is 15.9 Å². The normalized spacial score (nSPS) is 10.8. The van der Waals surface area contributed by atoms with Gasteiger partial charge in [0.1, 0.15) is 11.4 Å². The van der Waals surface area contributed by atoms with Gasteiger partial charge in [0, 0.05) is 17.3 Å². The molecule has 16 heavy (non-hydrogen) atoms. The van der Waals surface area contributed by atoms with Gasteiger partial charge in [-0.05, 0) is 12.1 Å². The first-order chi connectivity index (χ1) is 7.46. The molecule has 0 radical (unpaired) electrons. The molecule has 0 spiro atoms. The molecule has 0 nitrogen and oxygen atoms in total. The Kier molecular flexibility index (Phi) is 4.36. The largest absolute Gasteiger partial charge is 0.420 e. The van der Waals surface area contributed by atoms with Crippen molar-refractivity contribution < 1.29 is 17.6 Å². The minimum Gasteiger partial charge on any atom is -0.206 e. The Hall–Kier alpha value is -1.02. The first-order valence-electron chi connectivity index (χ1n) is 4.37. The molecule has 0 N–H and O–H groups in total. The summed E-state index contributed by atoms with van der Waals surface area (Å²) in [4.78, 5) is 0. The molecule has 1 aromatic carbocycles. The Labute approximate surface area is 98.8 Å². The topological polar surface area (TPSA) is 0 Å². The maximum absolute atomic E-state index is 13.1. The van der Waals surface area contributed by atoms with Gasteiger partial charge < -0.3 is 0 Å². The molecule has 0 saturated heterocycles. The summed E-state index contributed by atoms with van der Waals surface area (Å²) in [5.41, 5.74) is -1.62. The third kappa shape index (κ3) is 3.24. The lowest BCUT2D eigenvalue weighted by molar-refractivity contribution is -0.140. The van der Waals surface area contributed by atoms with Crippen molar-refractivity contribution in [1.82, 2.24) is 0 Å². The van der Waals surface area contributed by atoms with E-state index in [0.717, 1.165) is 12.1 Å². The van der Waals surface area contributed by atoms with Gasteiger partial charge in [-0.2, -0.15) is 13.2 Å². The van der Waals surface area contributed by atoms with Gasteiger partial charge in [0.25, 0.3) is 0 Å². The molecule has 0 aliphatic rings. The second kappa shape index (κ2) is 5.35. The van der Waals surface area contributed by atoms with Crippen molar-refractivity contribution in [3.8, 4) is 11.8 Å². The van der Waals surface area contributed by atoms with Crippen LogP contribution in [0.5, 0.6) is 0 Å². The summed E-state index contributed by atoms with van der Waals surface area (Å²) in [7, 11) is 0. The number of benzene rings is 1. The highest BCUT2D eigenvalue weighted by Gasteiger charge is 2.36. The fourth-order valence-corrected chi connectivity index (χ4v) is 1.32. The van der Waals surface area contributed by atoms with Crippen LogP contribution in [0, 0.1) is 17.7 Å². The van der Waals surface area contributed by atoms with E-state index in [-0.39, 0.29) is 5.56 Å². The monoisotopic (exact) mass is 294 g/mol. The molecular formula is C11H7BrF4. The third-order valence-corrected chi connectivity index (χ3v) is 2.14. The number of halogens is 5. The Morgan fingerprint density at radius 3 is 2.50 bits per heavy atom. The summed E-state index contributed by atoms with van der Waals surface area (Å²) in [6, 6.07) is 3.15. The molecule has 0 bridgehead atoms. The lowest BCUT2D eigenvalue weighted by Gasteiger charge is -2.09. The SMILES string of the molecule is Fc1cccc(C#CCCBr)c1C(F)(F)F. The second-order valence-electron chi connectivity index (χ2n) is 2.90. The van der Waals surface area contributed by atoms with Crippen LogP contribution in [0.15, 0.2) is 18.2 Å². The van der Waals surface area contributed by atoms with Crippen molar-refractivity contribution in [2.24, 2.45) is 0 Å². The highest BCUT2D eigenvalue weighted by atomic mass is 79.9. The Bertz CT molecular complexity index is 426. The van der Waals surface area contributed by atoms with Gasteiger partial charge in [0.15, 0.2) is 0 Å². The zero-order chi connectivity index (χ0) is 12.2. The van der Waals surface area contributed by atoms with Crippen LogP contribution in [0.4, 0.5) is 17.6 Å². The van der Waals surface area contributed by atoms with E-state index in [1.54, 1.807) is 0 Å². The summed E-state index contributed by atoms with van der Waals surface area (Å²) in [5.74, 6) is 3.56. The molecule has 1 rings (SSSR count). The van der Waals surface area contributed by atoms with Crippen LogP contribution in [0.25, 0.3) is 0 Å². The fraction of sp³-hybridized carbons (Fsp3) is 0.273. The predicted octanol–water partition coefficient (Wildman–Crippen LogP) is 3.98. The van der Waals surface area contributed by atoms with E-state index in [1.807, 2.05) is 0 Å². The molecule has 0 saturated carbocycles. The molecule has 86 valence electrons. The minimum absolute atomic E-state index is 0.326. The molecule has 0 unspecified atom stereocenters. The molecule has 0 aliphatic heterocycles. The molecule has 0 amide bonds. The quantitative estimate of drug-likeness (QED) is 0.417. The van der Waals surface area contributed by atoms with Crippen LogP contribution in [0.1, 0.15) is 17.5 Å². The van der Waals surface area contributed by atoms with Crippen molar-refractivity contribution in [2.75, 3.05) is 5.33 Å². The van der Waals surface area contributed by atoms with Gasteiger partial charge in [-0.15, -0.1) is 0 Å². The van der Waals surface area contributed by atoms with Crippen molar-refractivity contribution in [3.63, 3.8) is 0 Å². The van der Waals surface area contributed by atoms with Crippen LogP contribution in [-0.2, 0) is 6.18 Å². The van der Waals surface area contributed by atoms with Gasteiger partial charge in [0.2, 0.25) is 0 Å². The van der Waals surface area contributed by atoms with Gasteiger partial charge >= 0.3 is 6.18 Å². The van der Waals surface area contributed by atoms with Gasteiger partial charge in [-0.1, -0.05) is 33.8 Å². The summed E-state index contributed by atoms with van der Waals surface area (Å²) >= 11 is 3.10. The Morgan fingerprint density at radius 1 is 1.25 bits per heavy atom. The van der Waals surface area contributed by atoms with Crippen molar-refractivity contribution >= 4 is 15.9 Å². The molecule has 0 atom stereocenters. The van der Waals surface area contributed by atoms with Gasteiger partial charge in [0.05, 0.1) is 0 Å². The predicted molar refractivity (Wildman–Crippen MR) is 56.7 cm³/mol. The molecular weight excluding hydrogens is 288 g/mol. The van der Waals surface area contributed by atoms with Crippen LogP contribution in [0.3, 0.4) is 0 Å². The van der Waals surface area contributed by atoms with E-state index >= 15 is 0 Å². The van der Waals surface area contributed by atoms with E-state index in [0.29, 0.717) is 11.8 Å². The smallest absolute Gasteiger partial charge is 0.206 e. The highest BCUT2D eigenvalue weighted by molar-refractivity contribution is 9.09. The Balaban J connectivity index is 3.20. The zero-order valence-electron chi connectivity index (χ0n) is 8.04. The van der Waals surface area contributed by atoms with E-state index in [1.165, 1.54) is 6.07 Å².